The minimum atomic E-state index is -1.27. The van der Waals surface area contributed by atoms with Crippen molar-refractivity contribution in [2.75, 3.05) is 0 Å². The summed E-state index contributed by atoms with van der Waals surface area (Å²) in [5.41, 5.74) is 1.60. The van der Waals surface area contributed by atoms with E-state index in [9.17, 15) is 14.7 Å². The van der Waals surface area contributed by atoms with E-state index < -0.39 is 12.0 Å². The predicted octanol–water partition coefficient (Wildman–Crippen LogP) is 1.76. The molecule has 2 rings (SSSR count). The second-order valence-corrected chi connectivity index (χ2v) is 6.74. The summed E-state index contributed by atoms with van der Waals surface area (Å²) in [6, 6.07) is 6.61. The molecule has 0 saturated heterocycles. The number of fused-ring (bicyclic) bond motifs is 1. The third-order valence-corrected chi connectivity index (χ3v) is 3.41. The van der Waals surface area contributed by atoms with Gasteiger partial charge in [-0.2, -0.15) is 0 Å². The van der Waals surface area contributed by atoms with Crippen LogP contribution in [0, 0.1) is 5.41 Å². The Balaban J connectivity index is 0.00000264. The lowest BCUT2D eigenvalue weighted by Crippen LogP contribution is -2.49. The standard InChI is InChI=1S/C17H22N2O3.H3N/c1-17(2,3)9-15(20)19-14(16(21)22)8-11-10-18-13-7-5-4-6-12(11)13;/h4-7,10,14,18H,8-9H2,1-3H3,(H,19,20)(H,21,22);1H3/t14-;/m0./s1. The molecule has 0 radical (unpaired) electrons. The molecule has 0 spiro atoms. The van der Waals surface area contributed by atoms with Crippen LogP contribution < -0.4 is 16.6 Å². The fourth-order valence-electron chi connectivity index (χ4n) is 2.44. The van der Waals surface area contributed by atoms with Crippen LogP contribution in [-0.4, -0.2) is 22.9 Å². The zero-order chi connectivity index (χ0) is 16.3. The Morgan fingerprint density at radius 3 is 2.52 bits per heavy atom. The second-order valence-electron chi connectivity index (χ2n) is 6.74. The minimum Gasteiger partial charge on any atom is -0.548 e. The molecule has 0 aliphatic rings. The number of rotatable bonds is 5. The number of benzene rings is 1. The molecule has 0 bridgehead atoms. The van der Waals surface area contributed by atoms with Crippen molar-refractivity contribution < 1.29 is 14.7 Å². The van der Waals surface area contributed by atoms with Gasteiger partial charge in [0, 0.05) is 29.9 Å². The number of quaternary nitrogens is 1. The Hall–Kier alpha value is -2.34. The normalized spacial score (nSPS) is 12.5. The number of hydrogen-bond acceptors (Lipinski definition) is 3. The highest BCUT2D eigenvalue weighted by Gasteiger charge is 2.20. The quantitative estimate of drug-likeness (QED) is 0.778. The van der Waals surface area contributed by atoms with Crippen molar-refractivity contribution in [2.45, 2.75) is 39.7 Å². The van der Waals surface area contributed by atoms with Gasteiger partial charge in [-0.05, 0) is 17.0 Å². The number of carboxylic acid groups (broad SMARTS) is 1. The van der Waals surface area contributed by atoms with E-state index in [0.29, 0.717) is 0 Å². The molecule has 0 aliphatic heterocycles. The number of para-hydroxylation sites is 1. The zero-order valence-corrected chi connectivity index (χ0v) is 14.1. The number of aliphatic carboxylic acids is 1. The van der Waals surface area contributed by atoms with Crippen molar-refractivity contribution in [1.29, 1.82) is 0 Å². The molecular weight excluding hydrogens is 294 g/mol. The predicted molar refractivity (Wildman–Crippen MR) is 89.0 cm³/mol. The second kappa shape index (κ2) is 7.28. The number of carboxylic acids is 1. The first kappa shape index (κ1) is 18.7. The van der Waals surface area contributed by atoms with Gasteiger partial charge in [0.15, 0.2) is 0 Å². The fraction of sp³-hybridized carbons (Fsp3) is 0.412. The third-order valence-electron chi connectivity index (χ3n) is 3.41. The van der Waals surface area contributed by atoms with Crippen molar-refractivity contribution in [3.8, 4) is 0 Å². The molecule has 0 saturated carbocycles. The van der Waals surface area contributed by atoms with Gasteiger partial charge in [-0.25, -0.2) is 0 Å². The summed E-state index contributed by atoms with van der Waals surface area (Å²) in [7, 11) is 0. The summed E-state index contributed by atoms with van der Waals surface area (Å²) in [4.78, 5) is 26.4. The van der Waals surface area contributed by atoms with E-state index in [0.717, 1.165) is 16.5 Å². The monoisotopic (exact) mass is 319 g/mol. The SMILES string of the molecule is CC(C)(C)CC(=O)N[C@@H](Cc1c[nH]c2ccccc12)C(=O)[O-].[NH4+]. The molecule has 23 heavy (non-hydrogen) atoms. The maximum atomic E-state index is 12.0. The molecule has 1 amide bonds. The minimum absolute atomic E-state index is 0. The number of carbonyl (C=O) groups excluding carboxylic acids is 2. The maximum absolute atomic E-state index is 12.0. The molecule has 1 aromatic carbocycles. The van der Waals surface area contributed by atoms with Crippen LogP contribution in [0.2, 0.25) is 0 Å². The molecule has 1 atom stereocenters. The van der Waals surface area contributed by atoms with E-state index >= 15 is 0 Å². The van der Waals surface area contributed by atoms with E-state index in [-0.39, 0.29) is 30.3 Å². The van der Waals surface area contributed by atoms with Gasteiger partial charge < -0.3 is 26.4 Å². The fourth-order valence-corrected chi connectivity index (χ4v) is 2.44. The molecule has 1 aromatic heterocycles. The molecule has 6 N–H and O–H groups in total. The summed E-state index contributed by atoms with van der Waals surface area (Å²) in [5.74, 6) is -1.55. The van der Waals surface area contributed by atoms with Gasteiger partial charge in [0.1, 0.15) is 0 Å². The largest absolute Gasteiger partial charge is 0.548 e. The van der Waals surface area contributed by atoms with Crippen LogP contribution in [0.15, 0.2) is 30.5 Å². The van der Waals surface area contributed by atoms with E-state index in [1.807, 2.05) is 45.0 Å². The van der Waals surface area contributed by atoms with Gasteiger partial charge in [0.05, 0.1) is 12.0 Å². The summed E-state index contributed by atoms with van der Waals surface area (Å²) < 4.78 is 0. The lowest BCUT2D eigenvalue weighted by molar-refractivity contribution is -0.308. The highest BCUT2D eigenvalue weighted by atomic mass is 16.4. The lowest BCUT2D eigenvalue weighted by Gasteiger charge is -2.23. The summed E-state index contributed by atoms with van der Waals surface area (Å²) >= 11 is 0. The molecule has 0 fully saturated rings. The third kappa shape index (κ3) is 5.10. The lowest BCUT2D eigenvalue weighted by atomic mass is 9.91. The smallest absolute Gasteiger partial charge is 0.221 e. The van der Waals surface area contributed by atoms with Crippen LogP contribution in [0.4, 0.5) is 0 Å². The number of aromatic nitrogens is 1. The Morgan fingerprint density at radius 1 is 1.26 bits per heavy atom. The van der Waals surface area contributed by atoms with E-state index in [1.165, 1.54) is 0 Å². The van der Waals surface area contributed by atoms with Gasteiger partial charge in [-0.15, -0.1) is 0 Å². The summed E-state index contributed by atoms with van der Waals surface area (Å²) in [6.07, 6.45) is 2.24. The van der Waals surface area contributed by atoms with E-state index in [1.54, 1.807) is 6.20 Å². The summed E-state index contributed by atoms with van der Waals surface area (Å²) in [5, 5.41) is 14.8. The van der Waals surface area contributed by atoms with Crippen molar-refractivity contribution in [2.24, 2.45) is 5.41 Å². The molecule has 6 heteroatoms. The number of H-pyrrole nitrogens is 1. The first-order chi connectivity index (χ1) is 10.3. The number of carbonyl (C=O) groups is 2. The van der Waals surface area contributed by atoms with Gasteiger partial charge in [0.25, 0.3) is 0 Å². The first-order valence-electron chi connectivity index (χ1n) is 7.31. The Bertz CT molecular complexity index is 686. The number of aromatic amines is 1. The Kier molecular flexibility index (Phi) is 5.92. The van der Waals surface area contributed by atoms with Crippen molar-refractivity contribution in [3.63, 3.8) is 0 Å². The van der Waals surface area contributed by atoms with E-state index in [2.05, 4.69) is 10.3 Å². The number of amides is 1. The zero-order valence-electron chi connectivity index (χ0n) is 14.1. The molecule has 0 aliphatic carbocycles. The average Bonchev–Trinajstić information content (AvgIpc) is 2.79. The van der Waals surface area contributed by atoms with Crippen molar-refractivity contribution in [3.05, 3.63) is 36.0 Å². The van der Waals surface area contributed by atoms with E-state index in [4.69, 9.17) is 0 Å². The topological polar surface area (TPSA) is 122 Å². The molecule has 1 heterocycles. The van der Waals surface area contributed by atoms with Crippen LogP contribution in [0.3, 0.4) is 0 Å². The molecule has 0 unspecified atom stereocenters. The molecule has 2 aromatic rings. The van der Waals surface area contributed by atoms with Gasteiger partial charge in [-0.3, -0.25) is 4.79 Å². The van der Waals surface area contributed by atoms with Crippen LogP contribution >= 0.6 is 0 Å². The molecule has 6 nitrogen and oxygen atoms in total. The molecule has 126 valence electrons. The average molecular weight is 319 g/mol. The highest BCUT2D eigenvalue weighted by molar-refractivity contribution is 5.86. The number of nitrogens with one attached hydrogen (secondary N) is 2. The Labute approximate surface area is 135 Å². The van der Waals surface area contributed by atoms with Crippen LogP contribution in [0.5, 0.6) is 0 Å². The Morgan fingerprint density at radius 2 is 1.91 bits per heavy atom. The first-order valence-corrected chi connectivity index (χ1v) is 7.31. The van der Waals surface area contributed by atoms with Gasteiger partial charge in [-0.1, -0.05) is 39.0 Å². The van der Waals surface area contributed by atoms with Crippen LogP contribution in [0.1, 0.15) is 32.8 Å². The number of hydrogen-bond donors (Lipinski definition) is 3. The van der Waals surface area contributed by atoms with Crippen LogP contribution in [-0.2, 0) is 16.0 Å². The summed E-state index contributed by atoms with van der Waals surface area (Å²) in [6.45, 7) is 5.79. The van der Waals surface area contributed by atoms with Crippen LogP contribution in [0.25, 0.3) is 10.9 Å². The van der Waals surface area contributed by atoms with Gasteiger partial charge >= 0.3 is 0 Å². The highest BCUT2D eigenvalue weighted by Crippen LogP contribution is 2.20. The van der Waals surface area contributed by atoms with Crippen molar-refractivity contribution in [1.82, 2.24) is 16.5 Å². The molecular formula is C17H25N3O3. The van der Waals surface area contributed by atoms with Crippen molar-refractivity contribution >= 4 is 22.8 Å². The maximum Gasteiger partial charge on any atom is 0.221 e. The van der Waals surface area contributed by atoms with Gasteiger partial charge in [0.2, 0.25) is 5.91 Å².